The maximum Gasteiger partial charge on any atom is 0.161 e. The third kappa shape index (κ3) is 2.72. The summed E-state index contributed by atoms with van der Waals surface area (Å²) < 4.78 is 10.8. The van der Waals surface area contributed by atoms with Gasteiger partial charge in [-0.1, -0.05) is 6.07 Å². The van der Waals surface area contributed by atoms with E-state index in [9.17, 15) is 0 Å². The second-order valence-electron chi connectivity index (χ2n) is 5.38. The Morgan fingerprint density at radius 1 is 1.14 bits per heavy atom. The van der Waals surface area contributed by atoms with Gasteiger partial charge in [0.05, 0.1) is 14.2 Å². The van der Waals surface area contributed by atoms with Crippen molar-refractivity contribution in [3.63, 3.8) is 0 Å². The minimum Gasteiger partial charge on any atom is -0.493 e. The molecule has 0 radical (unpaired) electrons. The van der Waals surface area contributed by atoms with Gasteiger partial charge in [-0.25, -0.2) is 4.98 Å². The average Bonchev–Trinajstić information content (AvgIpc) is 2.60. The number of methoxy groups -OCH3 is 2. The van der Waals surface area contributed by atoms with Crippen LogP contribution in [0.2, 0.25) is 0 Å². The zero-order valence-corrected chi connectivity index (χ0v) is 13.0. The summed E-state index contributed by atoms with van der Waals surface area (Å²) in [4.78, 5) is 6.78. The maximum absolute atomic E-state index is 5.62. The van der Waals surface area contributed by atoms with Gasteiger partial charge in [-0.2, -0.15) is 0 Å². The molecule has 0 unspecified atom stereocenters. The molecule has 1 aromatic carbocycles. The van der Waals surface area contributed by atoms with Crippen LogP contribution in [0.1, 0.15) is 16.7 Å². The molecule has 2 heterocycles. The molecule has 0 amide bonds. The predicted molar refractivity (Wildman–Crippen MR) is 86.4 cm³/mol. The van der Waals surface area contributed by atoms with Crippen LogP contribution in [0.15, 0.2) is 30.5 Å². The van der Waals surface area contributed by atoms with Gasteiger partial charge < -0.3 is 20.1 Å². The molecule has 2 N–H and O–H groups in total. The van der Waals surface area contributed by atoms with Crippen LogP contribution in [0.4, 0.5) is 5.82 Å². The highest BCUT2D eigenvalue weighted by atomic mass is 16.5. The molecule has 0 saturated carbocycles. The molecule has 0 fully saturated rings. The molecule has 0 saturated heterocycles. The Bertz CT molecular complexity index is 656. The lowest BCUT2D eigenvalue weighted by Crippen LogP contribution is -2.31. The molecule has 1 aliphatic rings. The van der Waals surface area contributed by atoms with E-state index in [-0.39, 0.29) is 0 Å². The fourth-order valence-electron chi connectivity index (χ4n) is 2.80. The van der Waals surface area contributed by atoms with Crippen LogP contribution in [0.5, 0.6) is 11.5 Å². The zero-order chi connectivity index (χ0) is 15.5. The van der Waals surface area contributed by atoms with Crippen molar-refractivity contribution in [1.29, 1.82) is 0 Å². The molecule has 3 rings (SSSR count). The number of aromatic nitrogens is 1. The van der Waals surface area contributed by atoms with Crippen LogP contribution in [-0.4, -0.2) is 25.7 Å². The van der Waals surface area contributed by atoms with Gasteiger partial charge in [0.2, 0.25) is 0 Å². The standard InChI is InChI=1S/C17H21N3O2/c1-21-15-7-13-5-6-20(11-14(13)8-16(15)22-2)17-4-3-12(9-18)10-19-17/h3-4,7-8,10H,5-6,9,11,18H2,1-2H3. The molecule has 0 atom stereocenters. The third-order valence-electron chi connectivity index (χ3n) is 4.09. The van der Waals surface area contributed by atoms with E-state index in [1.807, 2.05) is 18.3 Å². The Morgan fingerprint density at radius 2 is 1.86 bits per heavy atom. The number of nitrogens with zero attached hydrogens (tertiary/aromatic N) is 2. The lowest BCUT2D eigenvalue weighted by molar-refractivity contribution is 0.353. The molecular weight excluding hydrogens is 278 g/mol. The van der Waals surface area contributed by atoms with Crippen molar-refractivity contribution >= 4 is 5.82 Å². The molecule has 116 valence electrons. The van der Waals surface area contributed by atoms with Crippen molar-refractivity contribution in [1.82, 2.24) is 4.98 Å². The van der Waals surface area contributed by atoms with Crippen molar-refractivity contribution in [3.8, 4) is 11.5 Å². The van der Waals surface area contributed by atoms with Crippen molar-refractivity contribution in [2.75, 3.05) is 25.7 Å². The third-order valence-corrected chi connectivity index (χ3v) is 4.09. The molecule has 0 spiro atoms. The highest BCUT2D eigenvalue weighted by Gasteiger charge is 2.20. The van der Waals surface area contributed by atoms with Crippen molar-refractivity contribution in [3.05, 3.63) is 47.2 Å². The Labute approximate surface area is 130 Å². The Morgan fingerprint density at radius 3 is 2.45 bits per heavy atom. The zero-order valence-electron chi connectivity index (χ0n) is 13.0. The second kappa shape index (κ2) is 6.23. The summed E-state index contributed by atoms with van der Waals surface area (Å²) in [6.45, 7) is 2.29. The lowest BCUT2D eigenvalue weighted by Gasteiger charge is -2.30. The van der Waals surface area contributed by atoms with Gasteiger partial charge >= 0.3 is 0 Å². The van der Waals surface area contributed by atoms with Gasteiger partial charge in [0.1, 0.15) is 5.82 Å². The normalized spacial score (nSPS) is 13.7. The smallest absolute Gasteiger partial charge is 0.161 e. The van der Waals surface area contributed by atoms with Crippen LogP contribution in [0, 0.1) is 0 Å². The van der Waals surface area contributed by atoms with Crippen molar-refractivity contribution in [2.24, 2.45) is 5.73 Å². The highest BCUT2D eigenvalue weighted by molar-refractivity contribution is 5.51. The first-order valence-corrected chi connectivity index (χ1v) is 7.39. The van der Waals surface area contributed by atoms with Crippen LogP contribution < -0.4 is 20.1 Å². The summed E-state index contributed by atoms with van der Waals surface area (Å²) in [7, 11) is 3.33. The molecule has 0 bridgehead atoms. The van der Waals surface area contributed by atoms with E-state index >= 15 is 0 Å². The minimum absolute atomic E-state index is 0.521. The molecule has 2 aromatic rings. The minimum atomic E-state index is 0.521. The fraction of sp³-hybridized carbons (Fsp3) is 0.353. The van der Waals surface area contributed by atoms with Gasteiger partial charge in [0, 0.05) is 25.8 Å². The fourth-order valence-corrected chi connectivity index (χ4v) is 2.80. The van der Waals surface area contributed by atoms with Crippen LogP contribution in [0.25, 0.3) is 0 Å². The van der Waals surface area contributed by atoms with E-state index < -0.39 is 0 Å². The topological polar surface area (TPSA) is 60.6 Å². The average molecular weight is 299 g/mol. The molecule has 22 heavy (non-hydrogen) atoms. The van der Waals surface area contributed by atoms with Gasteiger partial charge in [-0.15, -0.1) is 0 Å². The summed E-state index contributed by atoms with van der Waals surface area (Å²) >= 11 is 0. The quantitative estimate of drug-likeness (QED) is 0.937. The van der Waals surface area contributed by atoms with Crippen LogP contribution in [-0.2, 0) is 19.5 Å². The maximum atomic E-state index is 5.62. The Balaban J connectivity index is 1.86. The lowest BCUT2D eigenvalue weighted by atomic mass is 9.98. The van der Waals surface area contributed by atoms with Gasteiger partial charge in [-0.3, -0.25) is 0 Å². The van der Waals surface area contributed by atoms with Gasteiger partial charge in [-0.05, 0) is 41.3 Å². The first-order valence-electron chi connectivity index (χ1n) is 7.39. The first kappa shape index (κ1) is 14.7. The predicted octanol–water partition coefficient (Wildman–Crippen LogP) is 2.12. The summed E-state index contributed by atoms with van der Waals surface area (Å²) in [5.74, 6) is 2.55. The van der Waals surface area contributed by atoms with Crippen LogP contribution in [0.3, 0.4) is 0 Å². The Kier molecular flexibility index (Phi) is 4.15. The monoisotopic (exact) mass is 299 g/mol. The van der Waals surface area contributed by atoms with E-state index in [1.165, 1.54) is 11.1 Å². The molecular formula is C17H21N3O2. The SMILES string of the molecule is COc1cc2c(cc1OC)CN(c1ccc(CN)cn1)CC2. The summed E-state index contributed by atoms with van der Waals surface area (Å²) in [6.07, 6.45) is 2.81. The van der Waals surface area contributed by atoms with E-state index in [1.54, 1.807) is 14.2 Å². The summed E-state index contributed by atoms with van der Waals surface area (Å²) in [5.41, 5.74) is 9.24. The number of hydrogen-bond acceptors (Lipinski definition) is 5. The van der Waals surface area contributed by atoms with E-state index in [4.69, 9.17) is 15.2 Å². The highest BCUT2D eigenvalue weighted by Crippen LogP contribution is 2.34. The van der Waals surface area contributed by atoms with Gasteiger partial charge in [0.25, 0.3) is 0 Å². The number of nitrogens with two attached hydrogens (primary N) is 1. The number of rotatable bonds is 4. The van der Waals surface area contributed by atoms with E-state index in [0.717, 1.165) is 42.4 Å². The van der Waals surface area contributed by atoms with Crippen molar-refractivity contribution in [2.45, 2.75) is 19.5 Å². The summed E-state index contributed by atoms with van der Waals surface area (Å²) in [6, 6.07) is 8.21. The summed E-state index contributed by atoms with van der Waals surface area (Å²) in [5, 5.41) is 0. The first-order chi connectivity index (χ1) is 10.7. The van der Waals surface area contributed by atoms with Gasteiger partial charge in [0.15, 0.2) is 11.5 Å². The number of pyridine rings is 1. The second-order valence-corrected chi connectivity index (χ2v) is 5.38. The number of ether oxygens (including phenoxy) is 2. The largest absolute Gasteiger partial charge is 0.493 e. The molecule has 5 nitrogen and oxygen atoms in total. The number of anilines is 1. The molecule has 5 heteroatoms. The molecule has 0 aliphatic carbocycles. The number of hydrogen-bond donors (Lipinski definition) is 1. The van der Waals surface area contributed by atoms with Crippen LogP contribution >= 0.6 is 0 Å². The van der Waals surface area contributed by atoms with E-state index in [0.29, 0.717) is 6.54 Å². The molecule has 1 aromatic heterocycles. The number of benzene rings is 1. The molecule has 1 aliphatic heterocycles. The number of fused-ring (bicyclic) bond motifs is 1. The van der Waals surface area contributed by atoms with Crippen molar-refractivity contribution < 1.29 is 9.47 Å². The Hall–Kier alpha value is -2.27. The van der Waals surface area contributed by atoms with E-state index in [2.05, 4.69) is 22.0 Å².